The SMILES string of the molecule is CC(c1ccnc(Nc2nc3ccc(-c4cnn(COCCS(C)(C)C)c4)cc3[nH]2)c1)N1CCN(C(=O)OC(C)(C)C)CC1. The molecule has 3 aromatic heterocycles. The van der Waals surface area contributed by atoms with Gasteiger partial charge in [-0.15, -0.1) is 0 Å². The van der Waals surface area contributed by atoms with Crippen LogP contribution >= 0.6 is 10.0 Å². The zero-order chi connectivity index (χ0) is 31.5. The Labute approximate surface area is 261 Å². The van der Waals surface area contributed by atoms with Crippen molar-refractivity contribution in [2.45, 2.75) is 46.1 Å². The highest BCUT2D eigenvalue weighted by molar-refractivity contribution is 8.32. The third-order valence-corrected chi connectivity index (χ3v) is 8.93. The fourth-order valence-electron chi connectivity index (χ4n) is 5.02. The highest BCUT2D eigenvalue weighted by Crippen LogP contribution is 2.33. The minimum Gasteiger partial charge on any atom is -0.444 e. The van der Waals surface area contributed by atoms with Gasteiger partial charge in [0.2, 0.25) is 5.95 Å². The molecule has 1 aliphatic rings. The average molecular weight is 623 g/mol. The number of rotatable bonds is 10. The lowest BCUT2D eigenvalue weighted by molar-refractivity contribution is 0.0110. The lowest BCUT2D eigenvalue weighted by atomic mass is 10.1. The number of carbonyl (C=O) groups is 1. The predicted octanol–water partition coefficient (Wildman–Crippen LogP) is 5.85. The van der Waals surface area contributed by atoms with Crippen molar-refractivity contribution in [3.05, 3.63) is 54.5 Å². The molecule has 2 N–H and O–H groups in total. The zero-order valence-electron chi connectivity index (χ0n) is 27.0. The number of benzene rings is 1. The second kappa shape index (κ2) is 13.2. The first-order valence-electron chi connectivity index (χ1n) is 15.0. The van der Waals surface area contributed by atoms with E-state index in [-0.39, 0.29) is 12.1 Å². The van der Waals surface area contributed by atoms with Crippen LogP contribution in [0.5, 0.6) is 0 Å². The van der Waals surface area contributed by atoms with E-state index in [2.05, 4.69) is 69.2 Å². The van der Waals surface area contributed by atoms with E-state index in [1.165, 1.54) is 0 Å². The lowest BCUT2D eigenvalue weighted by Gasteiger charge is -2.38. The van der Waals surface area contributed by atoms with Gasteiger partial charge in [-0.05, 0) is 81.9 Å². The monoisotopic (exact) mass is 622 g/mol. The van der Waals surface area contributed by atoms with Crippen molar-refractivity contribution in [2.24, 2.45) is 0 Å². The molecule has 1 amide bonds. The third kappa shape index (κ3) is 8.52. The maximum Gasteiger partial charge on any atom is 0.410 e. The van der Waals surface area contributed by atoms with Crippen LogP contribution in [0.1, 0.15) is 39.3 Å². The Balaban J connectivity index is 1.18. The standard InChI is InChI=1S/C32H46N8O3S/c1-23(38-12-14-39(15-13-38)31(41)43-32(2,3)4)24-10-11-33-29(19-24)37-30-35-27-9-8-25(18-28(27)36-30)26-20-34-40(21-26)22-42-16-17-44(5,6)7/h8-11,18-21,23H,12-17,22H2,1-7H3,(H2,33,35,36,37). The topological polar surface area (TPSA) is 113 Å². The third-order valence-electron chi connectivity index (χ3n) is 7.54. The van der Waals surface area contributed by atoms with E-state index in [9.17, 15) is 4.79 Å². The van der Waals surface area contributed by atoms with Crippen LogP contribution in [-0.2, 0) is 16.2 Å². The van der Waals surface area contributed by atoms with Crippen molar-refractivity contribution in [1.82, 2.24) is 34.5 Å². The summed E-state index contributed by atoms with van der Waals surface area (Å²) in [5.41, 5.74) is 4.52. The zero-order valence-corrected chi connectivity index (χ0v) is 27.8. The molecule has 0 bridgehead atoms. The van der Waals surface area contributed by atoms with Crippen LogP contribution in [-0.4, -0.2) is 104 Å². The number of nitrogens with one attached hydrogen (secondary N) is 2. The van der Waals surface area contributed by atoms with Crippen LogP contribution in [0, 0.1) is 0 Å². The first-order valence-corrected chi connectivity index (χ1v) is 18.1. The largest absolute Gasteiger partial charge is 0.444 e. The van der Waals surface area contributed by atoms with Gasteiger partial charge in [0.05, 0.1) is 23.8 Å². The smallest absolute Gasteiger partial charge is 0.410 e. The van der Waals surface area contributed by atoms with E-state index in [4.69, 9.17) is 14.5 Å². The summed E-state index contributed by atoms with van der Waals surface area (Å²) in [4.78, 5) is 29.3. The molecule has 0 saturated carbocycles. The molecular weight excluding hydrogens is 576 g/mol. The highest BCUT2D eigenvalue weighted by atomic mass is 32.3. The van der Waals surface area contributed by atoms with E-state index < -0.39 is 15.6 Å². The lowest BCUT2D eigenvalue weighted by Crippen LogP contribution is -2.50. The molecule has 44 heavy (non-hydrogen) atoms. The minimum absolute atomic E-state index is 0.170. The number of hydrogen-bond acceptors (Lipinski definition) is 8. The second-order valence-corrected chi connectivity index (χ2v) is 17.8. The molecule has 1 unspecified atom stereocenters. The molecule has 1 aliphatic heterocycles. The van der Waals surface area contributed by atoms with Crippen LogP contribution in [0.2, 0.25) is 0 Å². The van der Waals surface area contributed by atoms with Gasteiger partial charge < -0.3 is 24.7 Å². The van der Waals surface area contributed by atoms with Gasteiger partial charge in [-0.25, -0.2) is 29.5 Å². The number of aromatic amines is 1. The quantitative estimate of drug-likeness (QED) is 0.212. The molecule has 5 rings (SSSR count). The Hall–Kier alpha value is -3.61. The van der Waals surface area contributed by atoms with Crippen molar-refractivity contribution in [2.75, 3.05) is 62.6 Å². The van der Waals surface area contributed by atoms with Crippen molar-refractivity contribution < 1.29 is 14.3 Å². The number of ether oxygens (including phenoxy) is 2. The fourth-order valence-corrected chi connectivity index (χ4v) is 5.64. The number of hydrogen-bond donors (Lipinski definition) is 2. The summed E-state index contributed by atoms with van der Waals surface area (Å²) in [6, 6.07) is 10.4. The normalized spacial score (nSPS) is 15.8. The molecule has 238 valence electrons. The first-order chi connectivity index (χ1) is 20.8. The number of nitrogens with zero attached hydrogens (tertiary/aromatic N) is 6. The average Bonchev–Trinajstić information content (AvgIpc) is 3.60. The van der Waals surface area contributed by atoms with Gasteiger partial charge in [0, 0.05) is 55.9 Å². The highest BCUT2D eigenvalue weighted by Gasteiger charge is 2.28. The molecule has 0 aliphatic carbocycles. The predicted molar refractivity (Wildman–Crippen MR) is 179 cm³/mol. The molecule has 0 spiro atoms. The van der Waals surface area contributed by atoms with Gasteiger partial charge in [0.15, 0.2) is 0 Å². The van der Waals surface area contributed by atoms with Gasteiger partial charge in [0.25, 0.3) is 0 Å². The number of aromatic nitrogens is 5. The number of anilines is 2. The molecule has 4 heterocycles. The fraction of sp³-hybridized carbons (Fsp3) is 0.500. The van der Waals surface area contributed by atoms with Gasteiger partial charge in [-0.1, -0.05) is 6.07 Å². The molecule has 4 aromatic rings. The van der Waals surface area contributed by atoms with E-state index in [1.807, 2.05) is 56.2 Å². The number of imidazole rings is 1. The van der Waals surface area contributed by atoms with Crippen molar-refractivity contribution in [1.29, 1.82) is 0 Å². The Morgan fingerprint density at radius 1 is 1.09 bits per heavy atom. The van der Waals surface area contributed by atoms with Crippen LogP contribution in [0.15, 0.2) is 48.9 Å². The van der Waals surface area contributed by atoms with E-state index in [1.54, 1.807) is 4.90 Å². The Kier molecular flexibility index (Phi) is 9.52. The van der Waals surface area contributed by atoms with Crippen LogP contribution in [0.3, 0.4) is 0 Å². The Morgan fingerprint density at radius 2 is 1.86 bits per heavy atom. The molecule has 1 saturated heterocycles. The summed E-state index contributed by atoms with van der Waals surface area (Å²) in [5, 5.41) is 7.81. The Morgan fingerprint density at radius 3 is 2.59 bits per heavy atom. The number of fused-ring (bicyclic) bond motifs is 1. The summed E-state index contributed by atoms with van der Waals surface area (Å²) >= 11 is 0. The summed E-state index contributed by atoms with van der Waals surface area (Å²) in [7, 11) is -0.564. The molecule has 11 nitrogen and oxygen atoms in total. The summed E-state index contributed by atoms with van der Waals surface area (Å²) in [5.74, 6) is 2.43. The van der Waals surface area contributed by atoms with Gasteiger partial charge in [-0.2, -0.15) is 5.10 Å². The number of pyridine rings is 1. The van der Waals surface area contributed by atoms with Gasteiger partial charge in [-0.3, -0.25) is 4.90 Å². The molecule has 0 radical (unpaired) electrons. The molecule has 1 aromatic carbocycles. The number of amides is 1. The maximum atomic E-state index is 12.5. The van der Waals surface area contributed by atoms with Crippen molar-refractivity contribution in [3.63, 3.8) is 0 Å². The van der Waals surface area contributed by atoms with E-state index in [0.717, 1.165) is 59.0 Å². The van der Waals surface area contributed by atoms with Gasteiger partial charge in [0.1, 0.15) is 18.1 Å². The van der Waals surface area contributed by atoms with Crippen molar-refractivity contribution in [3.8, 4) is 11.1 Å². The summed E-state index contributed by atoms with van der Waals surface area (Å²) in [6.07, 6.45) is 12.3. The second-order valence-electron chi connectivity index (χ2n) is 13.2. The molecule has 1 fully saturated rings. The molecule has 1 atom stereocenters. The number of H-pyrrole nitrogens is 1. The summed E-state index contributed by atoms with van der Waals surface area (Å²) in [6.45, 7) is 11.9. The Bertz CT molecular complexity index is 1560. The van der Waals surface area contributed by atoms with E-state index >= 15 is 0 Å². The maximum absolute atomic E-state index is 12.5. The molecular formula is C32H46N8O3S. The van der Waals surface area contributed by atoms with Gasteiger partial charge >= 0.3 is 6.09 Å². The summed E-state index contributed by atoms with van der Waals surface area (Å²) < 4.78 is 13.2. The first kappa shape index (κ1) is 31.8. The molecule has 12 heteroatoms. The number of piperazine rings is 1. The van der Waals surface area contributed by atoms with Crippen LogP contribution in [0.25, 0.3) is 22.2 Å². The minimum atomic E-state index is -0.564. The van der Waals surface area contributed by atoms with Crippen LogP contribution in [0.4, 0.5) is 16.6 Å². The van der Waals surface area contributed by atoms with Crippen LogP contribution < -0.4 is 5.32 Å². The van der Waals surface area contributed by atoms with Crippen molar-refractivity contribution >= 4 is 38.9 Å². The van der Waals surface area contributed by atoms with E-state index in [0.29, 0.717) is 25.8 Å². The number of carbonyl (C=O) groups excluding carboxylic acids is 1.